The van der Waals surface area contributed by atoms with Gasteiger partial charge in [-0.05, 0) is 6.07 Å². The van der Waals surface area contributed by atoms with Crippen LogP contribution >= 0.6 is 0 Å². The van der Waals surface area contributed by atoms with Crippen LogP contribution in [-0.4, -0.2) is 38.3 Å². The summed E-state index contributed by atoms with van der Waals surface area (Å²) in [4.78, 5) is 4.04. The zero-order chi connectivity index (χ0) is 12.5. The lowest BCUT2D eigenvalue weighted by atomic mass is 10.2. The fourth-order valence-corrected chi connectivity index (χ4v) is 1.28. The first-order chi connectivity index (χ1) is 8.24. The average molecular weight is 246 g/mol. The zero-order valence-corrected chi connectivity index (χ0v) is 9.66. The molecule has 6 heteroatoms. The first-order valence-electron chi connectivity index (χ1n) is 5.28. The van der Waals surface area contributed by atoms with E-state index in [9.17, 15) is 8.78 Å². The standard InChI is InChI=1S/C11H16F2N2O2/c1-16-11-9(3-2-4-15-11)7-14-5-6-17-8-10(12)13/h2-4,10,14H,5-8H2,1H3. The van der Waals surface area contributed by atoms with Crippen molar-refractivity contribution in [3.8, 4) is 5.88 Å². The van der Waals surface area contributed by atoms with Crippen LogP contribution in [0.5, 0.6) is 5.88 Å². The third kappa shape index (κ3) is 5.55. The van der Waals surface area contributed by atoms with Crippen LogP contribution in [0.15, 0.2) is 18.3 Å². The number of halogens is 2. The Hall–Kier alpha value is -1.27. The predicted octanol–water partition coefficient (Wildman–Crippen LogP) is 1.46. The third-order valence-corrected chi connectivity index (χ3v) is 2.03. The lowest BCUT2D eigenvalue weighted by Gasteiger charge is -2.08. The summed E-state index contributed by atoms with van der Waals surface area (Å²) in [6.07, 6.45) is -0.762. The van der Waals surface area contributed by atoms with E-state index in [-0.39, 0.29) is 6.61 Å². The second-order valence-corrected chi connectivity index (χ2v) is 3.31. The van der Waals surface area contributed by atoms with Gasteiger partial charge in [0, 0.05) is 24.8 Å². The van der Waals surface area contributed by atoms with Gasteiger partial charge in [0.25, 0.3) is 6.43 Å². The van der Waals surface area contributed by atoms with Gasteiger partial charge in [0.05, 0.1) is 13.7 Å². The Balaban J connectivity index is 2.17. The van der Waals surface area contributed by atoms with E-state index in [0.717, 1.165) is 5.56 Å². The molecule has 1 rings (SSSR count). The van der Waals surface area contributed by atoms with Gasteiger partial charge >= 0.3 is 0 Å². The number of ether oxygens (including phenoxy) is 2. The molecule has 96 valence electrons. The minimum Gasteiger partial charge on any atom is -0.481 e. The normalized spacial score (nSPS) is 10.8. The van der Waals surface area contributed by atoms with Crippen molar-refractivity contribution in [2.45, 2.75) is 13.0 Å². The van der Waals surface area contributed by atoms with Crippen LogP contribution in [0.2, 0.25) is 0 Å². The number of nitrogens with one attached hydrogen (secondary N) is 1. The SMILES string of the molecule is COc1ncccc1CNCCOCC(F)F. The highest BCUT2D eigenvalue weighted by atomic mass is 19.3. The molecule has 0 radical (unpaired) electrons. The number of alkyl halides is 2. The minimum atomic E-state index is -2.41. The summed E-state index contributed by atoms with van der Waals surface area (Å²) in [7, 11) is 1.55. The van der Waals surface area contributed by atoms with Crippen LogP contribution in [0.4, 0.5) is 8.78 Å². The molecular formula is C11H16F2N2O2. The van der Waals surface area contributed by atoms with Crippen LogP contribution in [0, 0.1) is 0 Å². The molecule has 1 N–H and O–H groups in total. The molecule has 0 aromatic carbocycles. The van der Waals surface area contributed by atoms with E-state index in [0.29, 0.717) is 19.0 Å². The summed E-state index contributed by atoms with van der Waals surface area (Å²) in [5.41, 5.74) is 0.920. The number of aromatic nitrogens is 1. The maximum Gasteiger partial charge on any atom is 0.261 e. The van der Waals surface area contributed by atoms with Gasteiger partial charge in [0.15, 0.2) is 0 Å². The van der Waals surface area contributed by atoms with Gasteiger partial charge in [-0.3, -0.25) is 0 Å². The lowest BCUT2D eigenvalue weighted by molar-refractivity contribution is 0.0187. The molecule has 0 spiro atoms. The van der Waals surface area contributed by atoms with E-state index >= 15 is 0 Å². The second-order valence-electron chi connectivity index (χ2n) is 3.31. The van der Waals surface area contributed by atoms with Crippen molar-refractivity contribution in [1.82, 2.24) is 10.3 Å². The van der Waals surface area contributed by atoms with E-state index in [1.165, 1.54) is 0 Å². The van der Waals surface area contributed by atoms with E-state index in [1.54, 1.807) is 13.3 Å². The Bertz CT molecular complexity index is 324. The van der Waals surface area contributed by atoms with Crippen LogP contribution in [0.1, 0.15) is 5.56 Å². The second kappa shape index (κ2) is 7.92. The van der Waals surface area contributed by atoms with E-state index in [1.807, 2.05) is 12.1 Å². The zero-order valence-electron chi connectivity index (χ0n) is 9.66. The van der Waals surface area contributed by atoms with Gasteiger partial charge in [0.2, 0.25) is 5.88 Å². The molecule has 4 nitrogen and oxygen atoms in total. The fraction of sp³-hybridized carbons (Fsp3) is 0.545. The van der Waals surface area contributed by atoms with Gasteiger partial charge in [-0.1, -0.05) is 6.07 Å². The first-order valence-corrected chi connectivity index (χ1v) is 5.28. The van der Waals surface area contributed by atoms with Crippen LogP contribution < -0.4 is 10.1 Å². The minimum absolute atomic E-state index is 0.257. The smallest absolute Gasteiger partial charge is 0.261 e. The maximum absolute atomic E-state index is 11.7. The summed E-state index contributed by atoms with van der Waals surface area (Å²) in [6.45, 7) is 0.810. The maximum atomic E-state index is 11.7. The third-order valence-electron chi connectivity index (χ3n) is 2.03. The Morgan fingerprint density at radius 1 is 1.47 bits per heavy atom. The summed E-state index contributed by atoms with van der Waals surface area (Å²) in [6, 6.07) is 3.70. The number of rotatable bonds is 8. The average Bonchev–Trinajstić information content (AvgIpc) is 2.33. The molecule has 0 saturated carbocycles. The van der Waals surface area contributed by atoms with Gasteiger partial charge in [-0.2, -0.15) is 0 Å². The highest BCUT2D eigenvalue weighted by Crippen LogP contribution is 2.12. The van der Waals surface area contributed by atoms with Gasteiger partial charge in [-0.25, -0.2) is 13.8 Å². The van der Waals surface area contributed by atoms with Crippen molar-refractivity contribution in [3.05, 3.63) is 23.9 Å². The van der Waals surface area contributed by atoms with Crippen molar-refractivity contribution in [1.29, 1.82) is 0 Å². The van der Waals surface area contributed by atoms with Crippen molar-refractivity contribution in [3.63, 3.8) is 0 Å². The molecule has 17 heavy (non-hydrogen) atoms. The quantitative estimate of drug-likeness (QED) is 0.705. The lowest BCUT2D eigenvalue weighted by Crippen LogP contribution is -2.21. The van der Waals surface area contributed by atoms with E-state index < -0.39 is 13.0 Å². The molecule has 0 fully saturated rings. The monoisotopic (exact) mass is 246 g/mol. The van der Waals surface area contributed by atoms with Crippen molar-refractivity contribution in [2.75, 3.05) is 26.9 Å². The molecule has 1 aromatic heterocycles. The van der Waals surface area contributed by atoms with E-state index in [4.69, 9.17) is 9.47 Å². The summed E-state index contributed by atoms with van der Waals surface area (Å²) in [5.74, 6) is 0.563. The van der Waals surface area contributed by atoms with E-state index in [2.05, 4.69) is 10.3 Å². The molecule has 0 amide bonds. The fourth-order valence-electron chi connectivity index (χ4n) is 1.28. The molecule has 0 bridgehead atoms. The molecule has 0 aliphatic heterocycles. The molecule has 0 aliphatic carbocycles. The molecule has 0 atom stereocenters. The van der Waals surface area contributed by atoms with Gasteiger partial charge < -0.3 is 14.8 Å². The topological polar surface area (TPSA) is 43.4 Å². The van der Waals surface area contributed by atoms with Gasteiger partial charge in [-0.15, -0.1) is 0 Å². The summed E-state index contributed by atoms with van der Waals surface area (Å²) >= 11 is 0. The van der Waals surface area contributed by atoms with Crippen LogP contribution in [-0.2, 0) is 11.3 Å². The van der Waals surface area contributed by atoms with Crippen molar-refractivity contribution >= 4 is 0 Å². The Kier molecular flexibility index (Phi) is 6.42. The van der Waals surface area contributed by atoms with Crippen molar-refractivity contribution < 1.29 is 18.3 Å². The van der Waals surface area contributed by atoms with Crippen molar-refractivity contribution in [2.24, 2.45) is 0 Å². The molecule has 1 heterocycles. The van der Waals surface area contributed by atoms with Gasteiger partial charge in [0.1, 0.15) is 6.61 Å². The summed E-state index contributed by atoms with van der Waals surface area (Å²) in [5, 5.41) is 3.06. The predicted molar refractivity (Wildman–Crippen MR) is 59.3 cm³/mol. The van der Waals surface area contributed by atoms with Crippen LogP contribution in [0.25, 0.3) is 0 Å². The van der Waals surface area contributed by atoms with Crippen LogP contribution in [0.3, 0.4) is 0 Å². The highest BCUT2D eigenvalue weighted by molar-refractivity contribution is 5.24. The number of hydrogen-bond donors (Lipinski definition) is 1. The Morgan fingerprint density at radius 3 is 3.00 bits per heavy atom. The Labute approximate surface area is 98.9 Å². The number of pyridine rings is 1. The summed E-state index contributed by atoms with van der Waals surface area (Å²) < 4.78 is 33.3. The number of nitrogens with zero attached hydrogens (tertiary/aromatic N) is 1. The molecule has 0 unspecified atom stereocenters. The molecule has 0 saturated heterocycles. The molecule has 1 aromatic rings. The highest BCUT2D eigenvalue weighted by Gasteiger charge is 2.03. The number of methoxy groups -OCH3 is 1. The Morgan fingerprint density at radius 2 is 2.29 bits per heavy atom. The number of hydrogen-bond acceptors (Lipinski definition) is 4. The first kappa shape index (κ1) is 13.8. The molecular weight excluding hydrogens is 230 g/mol. The molecule has 0 aliphatic rings. The largest absolute Gasteiger partial charge is 0.481 e.